The fourth-order valence-corrected chi connectivity index (χ4v) is 20.7. The molecule has 0 radical (unpaired) electrons. The summed E-state index contributed by atoms with van der Waals surface area (Å²) in [6, 6.07) is 2.31. The number of phosphoric ester groups is 5. The minimum atomic E-state index is -5.88. The molecule has 69 heteroatoms. The second kappa shape index (κ2) is 38.5. The van der Waals surface area contributed by atoms with Crippen molar-refractivity contribution in [2.75, 3.05) is 117 Å². The first kappa shape index (κ1) is 96.5. The maximum absolute atomic E-state index is 14.9. The Balaban J connectivity index is 0.643. The highest BCUT2D eigenvalue weighted by Gasteiger charge is 2.59. The van der Waals surface area contributed by atoms with E-state index in [2.05, 4.69) is 69.8 Å². The van der Waals surface area contributed by atoms with E-state index in [4.69, 9.17) is 136 Å². The summed E-state index contributed by atoms with van der Waals surface area (Å²) < 4.78 is 207. The van der Waals surface area contributed by atoms with E-state index in [9.17, 15) is 76.7 Å². The van der Waals surface area contributed by atoms with Gasteiger partial charge in [-0.15, -0.1) is 0 Å². The zero-order valence-electron chi connectivity index (χ0n) is 69.4. The number of nitrogen functional groups attached to an aromatic ring is 6. The van der Waals surface area contributed by atoms with Crippen LogP contribution < -0.4 is 56.9 Å². The number of anilines is 6. The largest absolute Gasteiger partial charge is 0.472 e. The predicted molar refractivity (Wildman–Crippen MR) is 435 cm³/mol. The number of phosphoric acid groups is 5. The average molecular weight is 1980 g/mol. The molecule has 0 bridgehead atoms. The van der Waals surface area contributed by atoms with E-state index >= 15 is 0 Å². The molecular formula is C64H85N26O38P5. The first-order chi connectivity index (χ1) is 63.3. The molecular weight excluding hydrogens is 1900 g/mol. The van der Waals surface area contributed by atoms with Crippen LogP contribution in [0.3, 0.4) is 0 Å². The van der Waals surface area contributed by atoms with E-state index in [0.717, 1.165) is 99.3 Å². The maximum Gasteiger partial charge on any atom is 0.472 e. The van der Waals surface area contributed by atoms with Crippen LogP contribution in [0, 0.1) is 0 Å². The number of aliphatic hydroxyl groups is 2. The van der Waals surface area contributed by atoms with Gasteiger partial charge in [0.2, 0.25) is 11.9 Å². The predicted octanol–water partition coefficient (Wildman–Crippen LogP) is -4.72. The molecule has 724 valence electrons. The fourth-order valence-electron chi connectivity index (χ4n) is 15.9. The standard InChI is InChI=1S/C64H85N26O38P5/c1-107-41-35(92)24(119-55(41)87-19-75-31-47(67)71-17-73-49(31)87)12-113-129(97,98)125-37-25(120-56(43(37)109-3)85-9-7-29(65)79-63(85)95)13-115-132(103,104)127-39-27(122-58(45(39)111-5)88-20-76-32-48(68)72-18-74-50(32)88)15-117-131(101,102)126-38-26(121-57(44(38)110-4)86-10-8-30(66)80-64(86)96)14-116-133(105,106)128-40-28(123-60(46(40)112-6)90-22-78-34-52(90)82-62(70)84-54(34)94)16-114-130(99,100)124-36-23(11-91)118-59(42(36)108-2)89-21-77-33-51(89)81-61(69)83-53(33)93/h7-10,17-28,35-46,55-60,91-92H,11-16H2,1-6H3,(H,97,98)(H,99,100)(H,101,102)(H,103,104)(H,105,106)(H2,65,79,95)(H2,66,80,96)(H2,67,71,73)(H2,68,72,74)(H3,69,81,83,93)(H3,70,82,84,94)/t23-,24-,25-,26-,27-,28-,35-,36-,37-,38-,39-,40-,41-,42-,43-,44-,45-,46-,55-,56-,57-,58-,59-,60-/m1/s1. The molecule has 16 rings (SSSR count). The Bertz CT molecular complexity index is 6450. The lowest BCUT2D eigenvalue weighted by atomic mass is 10.1. The lowest BCUT2D eigenvalue weighted by molar-refractivity contribution is -0.0675. The number of nitrogens with zero attached hydrogens (tertiary/aromatic N) is 18. The van der Waals surface area contributed by atoms with Crippen molar-refractivity contribution in [3.05, 3.63) is 104 Å². The van der Waals surface area contributed by atoms with Gasteiger partial charge in [-0.05, 0) is 12.1 Å². The molecule has 6 fully saturated rings. The molecule has 64 nitrogen and oxygen atoms in total. The Morgan fingerprint density at radius 1 is 0.353 bits per heavy atom. The second-order valence-corrected chi connectivity index (χ2v) is 36.8. The topological polar surface area (TPSA) is 870 Å². The third kappa shape index (κ3) is 19.5. The van der Waals surface area contributed by atoms with Gasteiger partial charge in [0.1, 0.15) is 145 Å². The van der Waals surface area contributed by atoms with Gasteiger partial charge in [0.05, 0.1) is 65.0 Å². The summed E-state index contributed by atoms with van der Waals surface area (Å²) >= 11 is 0. The normalized spacial score (nSPS) is 31.4. The van der Waals surface area contributed by atoms with Gasteiger partial charge in [-0.1, -0.05) is 0 Å². The minimum absolute atomic E-state index is 0.0115. The zero-order valence-corrected chi connectivity index (χ0v) is 73.9. The molecule has 16 heterocycles. The SMILES string of the molecule is CO[C@@H]1[C@H](OP(=O)(O)OC[C@H]2O[C@@H](n3cnc4c(N)ncnc43)[C@H](OC)[C@@H]2O)[C@@H](COP(=O)(O)O[C@H]2[C@@H](OC)[C@H](n3cnc4c(N)ncnc43)O[C@@H]2COP(=O)(O)O[C@H]2[C@@H](OC)[C@H](n3ccc(N)nc3=O)O[C@@H]2COP(=O)(O)O[C@H]2[C@@H](OC)[C@H](n3cnc4c(=O)[nH]c(N)nc43)O[C@@H]2COP(=O)(O)O[C@H]2[C@@H](OC)[C@H](n3cnc4c(=O)[nH]c(N)nc43)O[C@@H]2CO)O[C@H]1n1ccc(N)nc1=O. The number of H-pyrrole nitrogens is 2. The Morgan fingerprint density at radius 3 is 0.932 bits per heavy atom. The lowest BCUT2D eigenvalue weighted by Gasteiger charge is -2.28. The zero-order chi connectivity index (χ0) is 95.0. The van der Waals surface area contributed by atoms with Crippen LogP contribution in [0.15, 0.2) is 81.7 Å². The van der Waals surface area contributed by atoms with Crippen molar-refractivity contribution in [1.82, 2.24) is 97.2 Å². The quantitative estimate of drug-likeness (QED) is 0.0162. The number of hydrogen-bond acceptors (Lipinski definition) is 51. The molecule has 21 N–H and O–H groups in total. The van der Waals surface area contributed by atoms with Crippen LogP contribution in [-0.4, -0.2) is 324 Å². The van der Waals surface area contributed by atoms with E-state index in [1.54, 1.807) is 0 Å². The number of rotatable bonds is 38. The number of nitrogens with one attached hydrogen (secondary N) is 2. The second-order valence-electron chi connectivity index (χ2n) is 29.7. The number of aromatic amines is 2. The third-order valence-electron chi connectivity index (χ3n) is 21.9. The Labute approximate surface area is 741 Å². The van der Waals surface area contributed by atoms with E-state index < -0.39 is 254 Å². The highest BCUT2D eigenvalue weighted by Crippen LogP contribution is 2.58. The van der Waals surface area contributed by atoms with Gasteiger partial charge >= 0.3 is 50.5 Å². The number of methoxy groups -OCH3 is 6. The molecule has 6 aliphatic rings. The molecule has 0 saturated carbocycles. The number of ether oxygens (including phenoxy) is 12. The van der Waals surface area contributed by atoms with Crippen molar-refractivity contribution in [3.8, 4) is 0 Å². The van der Waals surface area contributed by atoms with Crippen molar-refractivity contribution in [1.29, 1.82) is 0 Å². The van der Waals surface area contributed by atoms with Crippen molar-refractivity contribution < 1.29 is 160 Å². The van der Waals surface area contributed by atoms with Gasteiger partial charge in [-0.2, -0.15) is 19.9 Å². The number of nitrogens with two attached hydrogens (primary N) is 6. The number of hydrogen-bond donors (Lipinski definition) is 15. The summed E-state index contributed by atoms with van der Waals surface area (Å²) in [5.41, 5.74) is 31.1. The molecule has 0 amide bonds. The van der Waals surface area contributed by atoms with Crippen LogP contribution in [0.5, 0.6) is 0 Å². The third-order valence-corrected chi connectivity index (χ3v) is 26.8. The molecule has 0 aliphatic carbocycles. The molecule has 0 aromatic carbocycles. The van der Waals surface area contributed by atoms with Crippen LogP contribution in [0.2, 0.25) is 0 Å². The summed E-state index contributed by atoms with van der Waals surface area (Å²) in [6.07, 6.45) is -31.9. The summed E-state index contributed by atoms with van der Waals surface area (Å²) in [5.74, 6) is -1.44. The van der Waals surface area contributed by atoms with Gasteiger partial charge in [0.25, 0.3) is 11.1 Å². The van der Waals surface area contributed by atoms with Gasteiger partial charge in [0.15, 0.2) is 82.6 Å². The van der Waals surface area contributed by atoms with Crippen LogP contribution in [0.25, 0.3) is 44.7 Å². The summed E-state index contributed by atoms with van der Waals surface area (Å²) in [5, 5.41) is 22.0. The van der Waals surface area contributed by atoms with E-state index in [0.29, 0.717) is 0 Å². The summed E-state index contributed by atoms with van der Waals surface area (Å²) in [6.45, 7) is -6.68. The molecule has 5 unspecified atom stereocenters. The Morgan fingerprint density at radius 2 is 0.624 bits per heavy atom. The van der Waals surface area contributed by atoms with E-state index in [1.807, 2.05) is 0 Å². The van der Waals surface area contributed by atoms with E-state index in [-0.39, 0.29) is 73.9 Å². The first-order valence-corrected chi connectivity index (χ1v) is 46.4. The average Bonchev–Trinajstić information content (AvgIpc) is 1.62. The number of aliphatic hydroxyl groups excluding tert-OH is 2. The molecule has 6 saturated heterocycles. The molecule has 133 heavy (non-hydrogen) atoms. The molecule has 10 aromatic heterocycles. The first-order valence-electron chi connectivity index (χ1n) is 39.0. The lowest BCUT2D eigenvalue weighted by Crippen LogP contribution is -2.40. The molecule has 6 aliphatic heterocycles. The monoisotopic (exact) mass is 1980 g/mol. The highest BCUT2D eigenvalue weighted by atomic mass is 31.2. The van der Waals surface area contributed by atoms with Crippen molar-refractivity contribution in [2.24, 2.45) is 0 Å². The van der Waals surface area contributed by atoms with Crippen LogP contribution in [0.1, 0.15) is 37.4 Å². The Hall–Kier alpha value is -9.65. The number of imidazole rings is 4. The minimum Gasteiger partial charge on any atom is -0.394 e. The summed E-state index contributed by atoms with van der Waals surface area (Å²) in [7, 11) is -22.0. The Kier molecular flexibility index (Phi) is 27.9. The van der Waals surface area contributed by atoms with E-state index in [1.165, 1.54) is 33.2 Å². The molecule has 29 atom stereocenters. The summed E-state index contributed by atoms with van der Waals surface area (Å²) in [4.78, 5) is 165. The van der Waals surface area contributed by atoms with Crippen molar-refractivity contribution in [2.45, 2.75) is 147 Å². The molecule has 0 spiro atoms. The highest BCUT2D eigenvalue weighted by molar-refractivity contribution is 7.48. The van der Waals surface area contributed by atoms with Crippen molar-refractivity contribution in [3.63, 3.8) is 0 Å². The van der Waals surface area contributed by atoms with Crippen LogP contribution in [-0.2, 0) is 125 Å². The fraction of sp³-hybridized carbons (Fsp3) is 0.562. The van der Waals surface area contributed by atoms with Gasteiger partial charge in [0, 0.05) is 55.1 Å². The van der Waals surface area contributed by atoms with Crippen LogP contribution in [0.4, 0.5) is 35.2 Å². The smallest absolute Gasteiger partial charge is 0.394 e. The van der Waals surface area contributed by atoms with Gasteiger partial charge < -0.3 is 126 Å². The maximum atomic E-state index is 14.9. The van der Waals surface area contributed by atoms with Gasteiger partial charge in [-0.25, -0.2) is 72.3 Å². The number of fused-ring (bicyclic) bond motifs is 4. The van der Waals surface area contributed by atoms with Crippen molar-refractivity contribution >= 4 is 119 Å². The number of aromatic nitrogens is 20. The molecule has 10 aromatic rings. The van der Waals surface area contributed by atoms with Gasteiger partial charge in [-0.3, -0.25) is 92.2 Å². The van der Waals surface area contributed by atoms with Crippen LogP contribution >= 0.6 is 39.1 Å².